The second-order valence-electron chi connectivity index (χ2n) is 5.67. The van der Waals surface area contributed by atoms with Crippen molar-refractivity contribution in [1.29, 1.82) is 0 Å². The lowest BCUT2D eigenvalue weighted by molar-refractivity contribution is -0.141. The molecule has 0 bridgehead atoms. The molecule has 114 valence electrons. The number of carboxylic acids is 1. The van der Waals surface area contributed by atoms with Crippen LogP contribution in [0.5, 0.6) is 0 Å². The summed E-state index contributed by atoms with van der Waals surface area (Å²) < 4.78 is 0. The molecule has 0 radical (unpaired) electrons. The quantitative estimate of drug-likeness (QED) is 0.814. The van der Waals surface area contributed by atoms with E-state index in [4.69, 9.17) is 5.11 Å². The van der Waals surface area contributed by atoms with Crippen LogP contribution in [0, 0.1) is 5.92 Å². The number of carbonyl (C=O) groups excluding carboxylic acids is 1. The Labute approximate surface area is 128 Å². The molecule has 3 rings (SSSR count). The van der Waals surface area contributed by atoms with E-state index in [1.165, 1.54) is 0 Å². The first kappa shape index (κ1) is 14.4. The molecule has 2 aromatic carbocycles. The molecular weight excluding hydrogens is 280 g/mol. The maximum absolute atomic E-state index is 12.1. The molecule has 1 aliphatic carbocycles. The van der Waals surface area contributed by atoms with Gasteiger partial charge in [-0.15, -0.1) is 0 Å². The third-order valence-corrected chi connectivity index (χ3v) is 4.15. The maximum Gasteiger partial charge on any atom is 0.319 e. The minimum Gasteiger partial charge on any atom is -0.481 e. The number of hydrogen-bond acceptors (Lipinski definition) is 2. The van der Waals surface area contributed by atoms with Crippen LogP contribution in [-0.2, 0) is 4.79 Å². The Morgan fingerprint density at radius 1 is 1.05 bits per heavy atom. The zero-order valence-electron chi connectivity index (χ0n) is 12.1. The van der Waals surface area contributed by atoms with Gasteiger partial charge in [0.25, 0.3) is 0 Å². The van der Waals surface area contributed by atoms with Crippen LogP contribution in [0.25, 0.3) is 10.8 Å². The first-order chi connectivity index (χ1) is 10.6. The van der Waals surface area contributed by atoms with Crippen molar-refractivity contribution in [3.05, 3.63) is 42.5 Å². The lowest BCUT2D eigenvalue weighted by atomic mass is 10.1. The van der Waals surface area contributed by atoms with Crippen molar-refractivity contribution in [3.8, 4) is 0 Å². The summed E-state index contributed by atoms with van der Waals surface area (Å²) in [6.45, 7) is 0. The predicted molar refractivity (Wildman–Crippen MR) is 84.9 cm³/mol. The van der Waals surface area contributed by atoms with Crippen LogP contribution >= 0.6 is 0 Å². The van der Waals surface area contributed by atoms with E-state index in [1.54, 1.807) is 0 Å². The molecule has 0 spiro atoms. The summed E-state index contributed by atoms with van der Waals surface area (Å²) >= 11 is 0. The molecule has 1 saturated carbocycles. The predicted octanol–water partition coefficient (Wildman–Crippen LogP) is 3.21. The highest BCUT2D eigenvalue weighted by Crippen LogP contribution is 2.26. The number of hydrogen-bond donors (Lipinski definition) is 3. The summed E-state index contributed by atoms with van der Waals surface area (Å²) in [7, 11) is 0. The number of anilines is 1. The number of amides is 2. The smallest absolute Gasteiger partial charge is 0.319 e. The Morgan fingerprint density at radius 3 is 2.59 bits per heavy atom. The molecule has 22 heavy (non-hydrogen) atoms. The van der Waals surface area contributed by atoms with Gasteiger partial charge < -0.3 is 15.7 Å². The number of rotatable bonds is 3. The molecule has 0 aliphatic heterocycles. The molecule has 0 aromatic heterocycles. The van der Waals surface area contributed by atoms with Gasteiger partial charge >= 0.3 is 12.0 Å². The molecular formula is C17H18N2O3. The molecule has 1 aliphatic rings. The minimum absolute atomic E-state index is 0.0731. The highest BCUT2D eigenvalue weighted by atomic mass is 16.4. The van der Waals surface area contributed by atoms with Crippen LogP contribution in [0.4, 0.5) is 10.5 Å². The van der Waals surface area contributed by atoms with Gasteiger partial charge in [-0.2, -0.15) is 0 Å². The summed E-state index contributed by atoms with van der Waals surface area (Å²) in [4.78, 5) is 23.1. The SMILES string of the molecule is O=C(Nc1cccc2ccccc12)NC1CCC(C(=O)O)C1. The standard InChI is InChI=1S/C17H18N2O3/c20-16(21)12-8-9-13(10-12)18-17(22)19-15-7-3-5-11-4-1-2-6-14(11)15/h1-7,12-13H,8-10H2,(H,20,21)(H2,18,19,22). The summed E-state index contributed by atoms with van der Waals surface area (Å²) in [5.41, 5.74) is 0.753. The fourth-order valence-corrected chi connectivity index (χ4v) is 3.02. The summed E-state index contributed by atoms with van der Waals surface area (Å²) in [6, 6.07) is 13.2. The number of benzene rings is 2. The van der Waals surface area contributed by atoms with Crippen molar-refractivity contribution in [3.63, 3.8) is 0 Å². The van der Waals surface area contributed by atoms with Crippen molar-refractivity contribution >= 4 is 28.5 Å². The van der Waals surface area contributed by atoms with Crippen molar-refractivity contribution in [2.45, 2.75) is 25.3 Å². The lowest BCUT2D eigenvalue weighted by Crippen LogP contribution is -2.36. The fraction of sp³-hybridized carbons (Fsp3) is 0.294. The summed E-state index contributed by atoms with van der Waals surface area (Å²) in [6.07, 6.45) is 1.83. The molecule has 3 N–H and O–H groups in total. The van der Waals surface area contributed by atoms with Gasteiger partial charge in [0.2, 0.25) is 0 Å². The van der Waals surface area contributed by atoms with Crippen LogP contribution in [0.2, 0.25) is 0 Å². The topological polar surface area (TPSA) is 78.4 Å². The van der Waals surface area contributed by atoms with E-state index in [0.29, 0.717) is 19.3 Å². The zero-order valence-corrected chi connectivity index (χ0v) is 12.1. The molecule has 2 amide bonds. The molecule has 0 heterocycles. The molecule has 2 aromatic rings. The average Bonchev–Trinajstić information content (AvgIpc) is 2.96. The number of urea groups is 1. The van der Waals surface area contributed by atoms with Crippen LogP contribution in [-0.4, -0.2) is 23.1 Å². The Morgan fingerprint density at radius 2 is 1.82 bits per heavy atom. The van der Waals surface area contributed by atoms with Crippen molar-refractivity contribution in [2.24, 2.45) is 5.92 Å². The molecule has 2 unspecified atom stereocenters. The summed E-state index contributed by atoms with van der Waals surface area (Å²) in [5.74, 6) is -1.12. The molecule has 5 heteroatoms. The lowest BCUT2D eigenvalue weighted by Gasteiger charge is -2.14. The second kappa shape index (κ2) is 6.05. The highest BCUT2D eigenvalue weighted by molar-refractivity contribution is 6.01. The Bertz CT molecular complexity index is 709. The van der Waals surface area contributed by atoms with E-state index in [2.05, 4.69) is 10.6 Å². The van der Waals surface area contributed by atoms with Crippen LogP contribution < -0.4 is 10.6 Å². The number of carboxylic acid groups (broad SMARTS) is 1. The Balaban J connectivity index is 1.65. The summed E-state index contributed by atoms with van der Waals surface area (Å²) in [5, 5.41) is 16.8. The van der Waals surface area contributed by atoms with Crippen LogP contribution in [0.1, 0.15) is 19.3 Å². The van der Waals surface area contributed by atoms with Gasteiger partial charge in [0.1, 0.15) is 0 Å². The Hall–Kier alpha value is -2.56. The molecule has 0 saturated heterocycles. The van der Waals surface area contributed by atoms with Gasteiger partial charge in [0.05, 0.1) is 11.6 Å². The fourth-order valence-electron chi connectivity index (χ4n) is 3.02. The highest BCUT2D eigenvalue weighted by Gasteiger charge is 2.30. The van der Waals surface area contributed by atoms with E-state index in [0.717, 1.165) is 16.5 Å². The molecule has 1 fully saturated rings. The largest absolute Gasteiger partial charge is 0.481 e. The van der Waals surface area contributed by atoms with Gasteiger partial charge in [0, 0.05) is 11.4 Å². The van der Waals surface area contributed by atoms with E-state index in [1.807, 2.05) is 42.5 Å². The normalized spacial score (nSPS) is 20.7. The second-order valence-corrected chi connectivity index (χ2v) is 5.67. The van der Waals surface area contributed by atoms with E-state index >= 15 is 0 Å². The monoisotopic (exact) mass is 298 g/mol. The number of carbonyl (C=O) groups is 2. The average molecular weight is 298 g/mol. The van der Waals surface area contributed by atoms with E-state index in [-0.39, 0.29) is 18.0 Å². The minimum atomic E-state index is -0.779. The first-order valence-electron chi connectivity index (χ1n) is 7.41. The number of aliphatic carboxylic acids is 1. The van der Waals surface area contributed by atoms with Crippen LogP contribution in [0.3, 0.4) is 0 Å². The van der Waals surface area contributed by atoms with Crippen molar-refractivity contribution < 1.29 is 14.7 Å². The molecule has 2 atom stereocenters. The van der Waals surface area contributed by atoms with Gasteiger partial charge in [0.15, 0.2) is 0 Å². The zero-order chi connectivity index (χ0) is 15.5. The maximum atomic E-state index is 12.1. The first-order valence-corrected chi connectivity index (χ1v) is 7.41. The molecule has 5 nitrogen and oxygen atoms in total. The van der Waals surface area contributed by atoms with Gasteiger partial charge in [-0.25, -0.2) is 4.79 Å². The third-order valence-electron chi connectivity index (χ3n) is 4.15. The van der Waals surface area contributed by atoms with Crippen molar-refractivity contribution in [2.75, 3.05) is 5.32 Å². The van der Waals surface area contributed by atoms with E-state index in [9.17, 15) is 9.59 Å². The number of nitrogens with one attached hydrogen (secondary N) is 2. The third kappa shape index (κ3) is 3.03. The number of fused-ring (bicyclic) bond motifs is 1. The van der Waals surface area contributed by atoms with E-state index < -0.39 is 5.97 Å². The van der Waals surface area contributed by atoms with Crippen LogP contribution in [0.15, 0.2) is 42.5 Å². The van der Waals surface area contributed by atoms with Crippen molar-refractivity contribution in [1.82, 2.24) is 5.32 Å². The van der Waals surface area contributed by atoms with Gasteiger partial charge in [-0.1, -0.05) is 36.4 Å². The van der Waals surface area contributed by atoms with Gasteiger partial charge in [-0.05, 0) is 30.7 Å². The van der Waals surface area contributed by atoms with Gasteiger partial charge in [-0.3, -0.25) is 4.79 Å². The Kier molecular flexibility index (Phi) is 3.96.